The van der Waals surface area contributed by atoms with Gasteiger partial charge in [0.1, 0.15) is 0 Å². The molecule has 2 aliphatic heterocycles. The van der Waals surface area contributed by atoms with Crippen molar-refractivity contribution in [3.8, 4) is 0 Å². The lowest BCUT2D eigenvalue weighted by molar-refractivity contribution is -0.135. The van der Waals surface area contributed by atoms with Crippen molar-refractivity contribution in [2.24, 2.45) is 5.41 Å². The Labute approximate surface area is 131 Å². The van der Waals surface area contributed by atoms with Gasteiger partial charge in [-0.05, 0) is 56.5 Å². The average Bonchev–Trinajstić information content (AvgIpc) is 3.01. The molecule has 1 atom stereocenters. The summed E-state index contributed by atoms with van der Waals surface area (Å²) in [5, 5.41) is 5.64. The number of carbonyl (C=O) groups is 1. The Kier molecular flexibility index (Phi) is 4.96. The maximum atomic E-state index is 12.5. The van der Waals surface area contributed by atoms with E-state index in [9.17, 15) is 4.79 Å². The van der Waals surface area contributed by atoms with E-state index in [2.05, 4.69) is 27.7 Å². The van der Waals surface area contributed by atoms with E-state index in [4.69, 9.17) is 0 Å². The molecule has 1 unspecified atom stereocenters. The first-order valence-corrected chi connectivity index (χ1v) is 9.16. The lowest BCUT2D eigenvalue weighted by atomic mass is 9.74. The first-order chi connectivity index (χ1) is 10.3. The summed E-state index contributed by atoms with van der Waals surface area (Å²) in [4.78, 5) is 16.0. The molecule has 1 aromatic heterocycles. The molecule has 0 aliphatic carbocycles. The number of amides is 1. The van der Waals surface area contributed by atoms with E-state index in [1.54, 1.807) is 11.3 Å². The molecule has 4 heteroatoms. The third-order valence-electron chi connectivity index (χ3n) is 4.97. The molecule has 116 valence electrons. The van der Waals surface area contributed by atoms with Gasteiger partial charge in [-0.3, -0.25) is 4.79 Å². The number of nitrogens with one attached hydrogen (secondary N) is 1. The number of carbonyl (C=O) groups excluding carboxylic acids is 1. The maximum absolute atomic E-state index is 12.5. The monoisotopic (exact) mass is 306 g/mol. The fourth-order valence-electron chi connectivity index (χ4n) is 3.83. The fraction of sp³-hybridized carbons (Fsp3) is 0.706. The second-order valence-corrected chi connectivity index (χ2v) is 7.66. The van der Waals surface area contributed by atoms with Gasteiger partial charge >= 0.3 is 0 Å². The summed E-state index contributed by atoms with van der Waals surface area (Å²) in [5.41, 5.74) is 0.375. The summed E-state index contributed by atoms with van der Waals surface area (Å²) < 4.78 is 0. The zero-order valence-electron chi connectivity index (χ0n) is 12.8. The van der Waals surface area contributed by atoms with Crippen molar-refractivity contribution >= 4 is 17.2 Å². The summed E-state index contributed by atoms with van der Waals surface area (Å²) in [7, 11) is 0. The Morgan fingerprint density at radius 3 is 3.05 bits per heavy atom. The van der Waals surface area contributed by atoms with Crippen LogP contribution in [0.4, 0.5) is 0 Å². The van der Waals surface area contributed by atoms with Crippen LogP contribution in [-0.2, 0) is 11.2 Å². The number of hydrogen-bond donors (Lipinski definition) is 1. The Morgan fingerprint density at radius 2 is 2.29 bits per heavy atom. The molecule has 2 fully saturated rings. The molecule has 0 aromatic carbocycles. The normalized spacial score (nSPS) is 26.2. The van der Waals surface area contributed by atoms with E-state index >= 15 is 0 Å². The molecule has 3 heterocycles. The highest BCUT2D eigenvalue weighted by Gasteiger charge is 2.37. The summed E-state index contributed by atoms with van der Waals surface area (Å²) >= 11 is 1.79. The van der Waals surface area contributed by atoms with Gasteiger partial charge in [-0.2, -0.15) is 0 Å². The molecule has 3 nitrogen and oxygen atoms in total. The van der Waals surface area contributed by atoms with Crippen LogP contribution in [-0.4, -0.2) is 37.0 Å². The molecule has 2 saturated heterocycles. The van der Waals surface area contributed by atoms with Gasteiger partial charge < -0.3 is 10.2 Å². The topological polar surface area (TPSA) is 32.3 Å². The van der Waals surface area contributed by atoms with E-state index in [-0.39, 0.29) is 0 Å². The van der Waals surface area contributed by atoms with Crippen molar-refractivity contribution < 1.29 is 4.79 Å². The molecule has 1 spiro atoms. The Hall–Kier alpha value is -0.870. The van der Waals surface area contributed by atoms with Crippen LogP contribution >= 0.6 is 11.3 Å². The van der Waals surface area contributed by atoms with Crippen molar-refractivity contribution in [2.75, 3.05) is 26.2 Å². The highest BCUT2D eigenvalue weighted by molar-refractivity contribution is 7.09. The molecule has 1 N–H and O–H groups in total. The molecule has 1 amide bonds. The van der Waals surface area contributed by atoms with Gasteiger partial charge in [-0.25, -0.2) is 0 Å². The van der Waals surface area contributed by atoms with Crippen molar-refractivity contribution in [1.82, 2.24) is 10.2 Å². The Balaban J connectivity index is 1.47. The zero-order valence-corrected chi connectivity index (χ0v) is 13.6. The lowest BCUT2D eigenvalue weighted by Gasteiger charge is -2.45. The second-order valence-electron chi connectivity index (χ2n) is 6.63. The van der Waals surface area contributed by atoms with E-state index < -0.39 is 0 Å². The van der Waals surface area contributed by atoms with E-state index in [0.29, 0.717) is 17.7 Å². The molecule has 3 rings (SSSR count). The largest absolute Gasteiger partial charge is 0.342 e. The van der Waals surface area contributed by atoms with Crippen LogP contribution in [0.1, 0.15) is 43.4 Å². The Bertz CT molecular complexity index is 446. The molecule has 0 bridgehead atoms. The van der Waals surface area contributed by atoms with Gasteiger partial charge in [0.15, 0.2) is 0 Å². The minimum Gasteiger partial charge on any atom is -0.342 e. The maximum Gasteiger partial charge on any atom is 0.222 e. The van der Waals surface area contributed by atoms with Gasteiger partial charge in [-0.15, -0.1) is 11.3 Å². The van der Waals surface area contributed by atoms with Crippen molar-refractivity contribution in [1.29, 1.82) is 0 Å². The molecular weight excluding hydrogens is 280 g/mol. The molecule has 21 heavy (non-hydrogen) atoms. The van der Waals surface area contributed by atoms with Crippen LogP contribution in [0.3, 0.4) is 0 Å². The SMILES string of the molecule is O=C(CCCc1cccs1)N1CCCC2(CCCNC2)C1. The van der Waals surface area contributed by atoms with Crippen LogP contribution in [0, 0.1) is 5.41 Å². The van der Waals surface area contributed by atoms with Crippen molar-refractivity contribution in [3.63, 3.8) is 0 Å². The second kappa shape index (κ2) is 6.93. The zero-order chi connectivity index (χ0) is 14.5. The summed E-state index contributed by atoms with van der Waals surface area (Å²) in [6.45, 7) is 4.21. The van der Waals surface area contributed by atoms with Gasteiger partial charge in [0.25, 0.3) is 0 Å². The third kappa shape index (κ3) is 3.86. The summed E-state index contributed by atoms with van der Waals surface area (Å²) in [6.07, 6.45) is 7.77. The van der Waals surface area contributed by atoms with E-state index in [1.807, 2.05) is 0 Å². The van der Waals surface area contributed by atoms with Crippen LogP contribution in [0.15, 0.2) is 17.5 Å². The third-order valence-corrected chi connectivity index (χ3v) is 5.90. The predicted molar refractivity (Wildman–Crippen MR) is 87.6 cm³/mol. The minimum atomic E-state index is 0.371. The first kappa shape index (κ1) is 15.0. The van der Waals surface area contributed by atoms with Gasteiger partial charge in [0.05, 0.1) is 0 Å². The highest BCUT2D eigenvalue weighted by atomic mass is 32.1. The average molecular weight is 306 g/mol. The predicted octanol–water partition coefficient (Wildman–Crippen LogP) is 3.06. The number of rotatable bonds is 4. The number of aryl methyl sites for hydroxylation is 1. The quantitative estimate of drug-likeness (QED) is 0.927. The number of thiophene rings is 1. The summed E-state index contributed by atoms with van der Waals surface area (Å²) in [5.74, 6) is 0.371. The Morgan fingerprint density at radius 1 is 1.38 bits per heavy atom. The molecule has 0 radical (unpaired) electrons. The van der Waals surface area contributed by atoms with Crippen LogP contribution in [0.25, 0.3) is 0 Å². The minimum absolute atomic E-state index is 0.371. The number of nitrogens with zero attached hydrogens (tertiary/aromatic N) is 1. The molecular formula is C17H26N2OS. The van der Waals surface area contributed by atoms with Gasteiger partial charge in [-0.1, -0.05) is 6.07 Å². The number of likely N-dealkylation sites (tertiary alicyclic amines) is 1. The van der Waals surface area contributed by atoms with Gasteiger partial charge in [0.2, 0.25) is 5.91 Å². The highest BCUT2D eigenvalue weighted by Crippen LogP contribution is 2.36. The van der Waals surface area contributed by atoms with Crippen LogP contribution < -0.4 is 5.32 Å². The van der Waals surface area contributed by atoms with E-state index in [0.717, 1.165) is 39.0 Å². The molecule has 1 aromatic rings. The van der Waals surface area contributed by atoms with Crippen molar-refractivity contribution in [3.05, 3.63) is 22.4 Å². The molecule has 2 aliphatic rings. The standard InChI is InChI=1S/C17H26N2OS/c20-16(7-1-5-15-6-2-12-21-15)19-11-4-9-17(14-19)8-3-10-18-13-17/h2,6,12,18H,1,3-5,7-11,13-14H2. The number of hydrogen-bond acceptors (Lipinski definition) is 3. The first-order valence-electron chi connectivity index (χ1n) is 8.28. The lowest BCUT2D eigenvalue weighted by Crippen LogP contribution is -2.52. The van der Waals surface area contributed by atoms with Crippen molar-refractivity contribution in [2.45, 2.75) is 44.9 Å². The van der Waals surface area contributed by atoms with E-state index in [1.165, 1.54) is 30.6 Å². The van der Waals surface area contributed by atoms with Crippen LogP contribution in [0.5, 0.6) is 0 Å². The molecule has 0 saturated carbocycles. The smallest absolute Gasteiger partial charge is 0.222 e. The van der Waals surface area contributed by atoms with Crippen LogP contribution in [0.2, 0.25) is 0 Å². The van der Waals surface area contributed by atoms with Gasteiger partial charge in [0, 0.05) is 36.3 Å². The summed E-state index contributed by atoms with van der Waals surface area (Å²) in [6, 6.07) is 4.25. The fourth-order valence-corrected chi connectivity index (χ4v) is 4.58. The number of piperidine rings is 2.